The summed E-state index contributed by atoms with van der Waals surface area (Å²) in [5.41, 5.74) is -2.91. The highest BCUT2D eigenvalue weighted by Gasteiger charge is 2.52. The number of nitro groups is 1. The molecule has 0 saturated heterocycles. The second-order valence-corrected chi connectivity index (χ2v) is 3.90. The van der Waals surface area contributed by atoms with Crippen LogP contribution < -0.4 is 0 Å². The number of hydrogen-bond donors (Lipinski definition) is 0. The number of alkyl halides is 6. The molecule has 0 saturated carbocycles. The van der Waals surface area contributed by atoms with Crippen molar-refractivity contribution in [3.05, 3.63) is 33.2 Å². The van der Waals surface area contributed by atoms with Crippen LogP contribution in [0.3, 0.4) is 0 Å². The van der Waals surface area contributed by atoms with Crippen molar-refractivity contribution in [3.63, 3.8) is 0 Å². The van der Waals surface area contributed by atoms with E-state index in [0.29, 0.717) is 0 Å². The number of rotatable bonds is 3. The van der Waals surface area contributed by atoms with Gasteiger partial charge in [-0.25, -0.2) is 0 Å². The first-order valence-corrected chi connectivity index (χ1v) is 5.34. The third kappa shape index (κ3) is 3.42. The summed E-state index contributed by atoms with van der Waals surface area (Å²) in [7, 11) is 0. The van der Waals surface area contributed by atoms with Crippen molar-refractivity contribution in [1.82, 2.24) is 0 Å². The molecule has 0 fully saturated rings. The van der Waals surface area contributed by atoms with Gasteiger partial charge < -0.3 is 4.74 Å². The fourth-order valence-corrected chi connectivity index (χ4v) is 1.73. The molecule has 0 bridgehead atoms. The molecule has 0 aromatic carbocycles. The Bertz CT molecular complexity index is 463. The van der Waals surface area contributed by atoms with E-state index in [0.717, 1.165) is 0 Å². The van der Waals surface area contributed by atoms with E-state index < -0.39 is 53.3 Å². The molecule has 1 aliphatic rings. The highest BCUT2D eigenvalue weighted by Crippen LogP contribution is 2.45. The number of allylic oxidation sites excluding steroid dienone is 4. The molecule has 0 amide bonds. The fourth-order valence-electron chi connectivity index (χ4n) is 1.73. The molecule has 1 unspecified atom stereocenters. The lowest BCUT2D eigenvalue weighted by Crippen LogP contribution is -2.33. The molecule has 0 spiro atoms. The zero-order chi connectivity index (χ0) is 15.7. The zero-order valence-corrected chi connectivity index (χ0v) is 10.0. The Kier molecular flexibility index (Phi) is 4.35. The van der Waals surface area contributed by atoms with Gasteiger partial charge in [0.1, 0.15) is 17.3 Å². The lowest BCUT2D eigenvalue weighted by atomic mass is 9.90. The summed E-state index contributed by atoms with van der Waals surface area (Å²) < 4.78 is 81.0. The topological polar surface area (TPSA) is 52.4 Å². The Morgan fingerprint density at radius 1 is 1.35 bits per heavy atom. The van der Waals surface area contributed by atoms with E-state index in [4.69, 9.17) is 0 Å². The summed E-state index contributed by atoms with van der Waals surface area (Å²) in [5, 5.41) is 10.5. The maximum Gasteiger partial charge on any atom is 0.419 e. The minimum absolute atomic E-state index is 0.0905. The highest BCUT2D eigenvalue weighted by atomic mass is 19.4. The summed E-state index contributed by atoms with van der Waals surface area (Å²) in [5.74, 6) is -4.00. The minimum Gasteiger partial charge on any atom is -0.497 e. The molecule has 4 nitrogen and oxygen atoms in total. The lowest BCUT2D eigenvalue weighted by Gasteiger charge is -2.27. The molecule has 0 N–H and O–H groups in total. The molecule has 1 rings (SSSR count). The fraction of sp³-hybridized carbons (Fsp3) is 0.600. The monoisotopic (exact) mass is 305 g/mol. The Hall–Kier alpha value is -1.74. The summed E-state index contributed by atoms with van der Waals surface area (Å²) in [6.07, 6.45) is -11.3. The van der Waals surface area contributed by atoms with Crippen LogP contribution in [0.5, 0.6) is 0 Å². The lowest BCUT2D eigenvalue weighted by molar-refractivity contribution is -0.431. The van der Waals surface area contributed by atoms with Crippen molar-refractivity contribution in [3.8, 4) is 0 Å². The van der Waals surface area contributed by atoms with E-state index >= 15 is 0 Å². The van der Waals surface area contributed by atoms with Crippen LogP contribution in [0, 0.1) is 16.0 Å². The van der Waals surface area contributed by atoms with Gasteiger partial charge >= 0.3 is 12.4 Å². The van der Waals surface area contributed by atoms with E-state index in [1.54, 1.807) is 0 Å². The maximum absolute atomic E-state index is 12.8. The second-order valence-electron chi connectivity index (χ2n) is 3.90. The molecule has 0 aromatic heterocycles. The first kappa shape index (κ1) is 16.3. The van der Waals surface area contributed by atoms with Gasteiger partial charge in [-0.1, -0.05) is 0 Å². The Morgan fingerprint density at radius 2 is 1.90 bits per heavy atom. The Morgan fingerprint density at radius 3 is 2.25 bits per heavy atom. The van der Waals surface area contributed by atoms with Crippen molar-refractivity contribution in [2.45, 2.75) is 25.7 Å². The minimum atomic E-state index is -5.17. The third-order valence-electron chi connectivity index (χ3n) is 2.54. The van der Waals surface area contributed by atoms with Crippen LogP contribution in [0.1, 0.15) is 13.3 Å². The average Bonchev–Trinajstić information content (AvgIpc) is 2.26. The summed E-state index contributed by atoms with van der Waals surface area (Å²) in [6, 6.07) is 0. The largest absolute Gasteiger partial charge is 0.497 e. The van der Waals surface area contributed by atoms with Gasteiger partial charge in [-0.15, -0.1) is 0 Å². The van der Waals surface area contributed by atoms with Gasteiger partial charge in [-0.05, 0) is 6.92 Å². The normalized spacial score (nSPS) is 20.8. The van der Waals surface area contributed by atoms with Gasteiger partial charge in [-0.2, -0.15) is 26.3 Å². The number of hydrogen-bond acceptors (Lipinski definition) is 3. The zero-order valence-electron chi connectivity index (χ0n) is 10.0. The SMILES string of the molecule is CCOC1=C(C(F)(F)F)C=C([N+](=O)[O-])CC1C(F)(F)F. The predicted octanol–water partition coefficient (Wildman–Crippen LogP) is 3.58. The molecule has 0 aromatic rings. The van der Waals surface area contributed by atoms with E-state index in [2.05, 4.69) is 4.74 Å². The maximum atomic E-state index is 12.8. The van der Waals surface area contributed by atoms with Crippen molar-refractivity contribution in [2.24, 2.45) is 5.92 Å². The molecule has 10 heteroatoms. The average molecular weight is 305 g/mol. The Balaban J connectivity index is 3.47. The van der Waals surface area contributed by atoms with Gasteiger partial charge in [0.15, 0.2) is 0 Å². The number of ether oxygens (including phenoxy) is 1. The van der Waals surface area contributed by atoms with E-state index in [-0.39, 0.29) is 6.08 Å². The summed E-state index contributed by atoms with van der Waals surface area (Å²) >= 11 is 0. The van der Waals surface area contributed by atoms with Gasteiger partial charge in [0.05, 0.1) is 18.0 Å². The van der Waals surface area contributed by atoms with Crippen molar-refractivity contribution in [1.29, 1.82) is 0 Å². The van der Waals surface area contributed by atoms with Crippen LogP contribution in [0.15, 0.2) is 23.1 Å². The standard InChI is InChI=1S/C10H9F6NO3/c1-2-20-8-6(9(11,12)13)3-5(17(18)19)4-7(8)10(14,15)16/h3,7H,2,4H2,1H3. The smallest absolute Gasteiger partial charge is 0.419 e. The highest BCUT2D eigenvalue weighted by molar-refractivity contribution is 5.35. The molecule has 114 valence electrons. The van der Waals surface area contributed by atoms with Crippen LogP contribution in [0.25, 0.3) is 0 Å². The molecule has 1 aliphatic carbocycles. The van der Waals surface area contributed by atoms with Gasteiger partial charge in [-0.3, -0.25) is 10.1 Å². The Labute approximate surface area is 108 Å². The van der Waals surface area contributed by atoms with Crippen LogP contribution in [0.4, 0.5) is 26.3 Å². The first-order chi connectivity index (χ1) is 8.98. The van der Waals surface area contributed by atoms with Gasteiger partial charge in [0, 0.05) is 6.08 Å². The molecular weight excluding hydrogens is 296 g/mol. The molecule has 20 heavy (non-hydrogen) atoms. The van der Waals surface area contributed by atoms with Crippen LogP contribution in [0.2, 0.25) is 0 Å². The predicted molar refractivity (Wildman–Crippen MR) is 53.9 cm³/mol. The number of halogens is 6. The second kappa shape index (κ2) is 5.33. The quantitative estimate of drug-likeness (QED) is 0.455. The molecule has 0 aliphatic heterocycles. The summed E-state index contributed by atoms with van der Waals surface area (Å²) in [6.45, 7) is 0.810. The summed E-state index contributed by atoms with van der Waals surface area (Å²) in [4.78, 5) is 9.25. The third-order valence-corrected chi connectivity index (χ3v) is 2.54. The van der Waals surface area contributed by atoms with Crippen molar-refractivity contribution >= 4 is 0 Å². The molecule has 0 heterocycles. The van der Waals surface area contributed by atoms with Crippen molar-refractivity contribution < 1.29 is 36.0 Å². The van der Waals surface area contributed by atoms with Crippen LogP contribution in [-0.4, -0.2) is 23.9 Å². The van der Waals surface area contributed by atoms with E-state index in [1.807, 2.05) is 0 Å². The molecular formula is C10H9F6NO3. The van der Waals surface area contributed by atoms with E-state index in [1.165, 1.54) is 6.92 Å². The van der Waals surface area contributed by atoms with Crippen molar-refractivity contribution in [2.75, 3.05) is 6.61 Å². The van der Waals surface area contributed by atoms with Gasteiger partial charge in [0.2, 0.25) is 5.70 Å². The number of nitrogens with zero attached hydrogens (tertiary/aromatic N) is 1. The first-order valence-electron chi connectivity index (χ1n) is 5.34. The van der Waals surface area contributed by atoms with Crippen LogP contribution >= 0.6 is 0 Å². The molecule has 1 atom stereocenters. The molecule has 0 radical (unpaired) electrons. The van der Waals surface area contributed by atoms with Gasteiger partial charge in [0.25, 0.3) is 0 Å². The van der Waals surface area contributed by atoms with Crippen LogP contribution in [-0.2, 0) is 4.74 Å². The van der Waals surface area contributed by atoms with E-state index in [9.17, 15) is 36.5 Å².